The van der Waals surface area contributed by atoms with Gasteiger partial charge < -0.3 is 5.11 Å². The second-order valence-corrected chi connectivity index (χ2v) is 8.53. The van der Waals surface area contributed by atoms with E-state index in [0.29, 0.717) is 27.6 Å². The number of hydrogen-bond donors (Lipinski definition) is 2. The molecule has 0 saturated heterocycles. The molecule has 2 N–H and O–H groups in total. The van der Waals surface area contributed by atoms with Crippen molar-refractivity contribution in [1.29, 1.82) is 0 Å². The minimum absolute atomic E-state index is 0.000526. The van der Waals surface area contributed by atoms with Gasteiger partial charge in [-0.15, -0.1) is 0 Å². The summed E-state index contributed by atoms with van der Waals surface area (Å²) in [6.45, 7) is 0. The molecular formula is C23H17NO5S. The molecule has 0 fully saturated rings. The van der Waals surface area contributed by atoms with Gasteiger partial charge in [0.25, 0.3) is 10.0 Å². The Morgan fingerprint density at radius 2 is 1.63 bits per heavy atom. The maximum atomic E-state index is 13.0. The van der Waals surface area contributed by atoms with E-state index in [2.05, 4.69) is 4.72 Å². The Morgan fingerprint density at radius 1 is 0.867 bits per heavy atom. The highest BCUT2D eigenvalue weighted by atomic mass is 32.2. The predicted molar refractivity (Wildman–Crippen MR) is 114 cm³/mol. The number of allylic oxidation sites excluding steroid dienone is 4. The van der Waals surface area contributed by atoms with Crippen LogP contribution >= 0.6 is 0 Å². The van der Waals surface area contributed by atoms with Crippen LogP contribution in [0.25, 0.3) is 10.8 Å². The molecule has 30 heavy (non-hydrogen) atoms. The molecule has 0 aromatic heterocycles. The van der Waals surface area contributed by atoms with Crippen LogP contribution in [-0.2, 0) is 26.0 Å². The van der Waals surface area contributed by atoms with Crippen molar-refractivity contribution in [2.75, 3.05) is 4.72 Å². The van der Waals surface area contributed by atoms with Gasteiger partial charge in [-0.05, 0) is 48.1 Å². The van der Waals surface area contributed by atoms with Gasteiger partial charge in [-0.2, -0.15) is 0 Å². The number of aromatic hydroxyl groups is 1. The quantitative estimate of drug-likeness (QED) is 0.616. The standard InChI is InChI=1S/C23H17NO5S/c25-18-8-9-21(26)16(14-18)12-15-4-3-5-17(13-15)24-30(28,29)23-11-10-22(27)19-6-1-2-7-20(19)23/h1-11,13-14,24,27H,12H2. The van der Waals surface area contributed by atoms with Gasteiger partial charge in [0.15, 0.2) is 11.6 Å². The maximum absolute atomic E-state index is 13.0. The Morgan fingerprint density at radius 3 is 2.43 bits per heavy atom. The number of fused-ring (bicyclic) bond motifs is 1. The number of carbonyl (C=O) groups is 2. The van der Waals surface area contributed by atoms with E-state index in [4.69, 9.17) is 0 Å². The number of benzene rings is 3. The zero-order valence-corrected chi connectivity index (χ0v) is 16.5. The number of phenols is 1. The molecule has 0 radical (unpaired) electrons. The van der Waals surface area contributed by atoms with Gasteiger partial charge in [0.05, 0.1) is 4.90 Å². The Kier molecular flexibility index (Phi) is 4.97. The van der Waals surface area contributed by atoms with Crippen molar-refractivity contribution in [2.24, 2.45) is 0 Å². The van der Waals surface area contributed by atoms with E-state index < -0.39 is 10.0 Å². The summed E-state index contributed by atoms with van der Waals surface area (Å²) in [6.07, 6.45) is 3.97. The van der Waals surface area contributed by atoms with E-state index in [1.807, 2.05) is 0 Å². The molecule has 0 saturated carbocycles. The first kappa shape index (κ1) is 19.6. The van der Waals surface area contributed by atoms with Crippen molar-refractivity contribution in [2.45, 2.75) is 11.3 Å². The van der Waals surface area contributed by atoms with Crippen LogP contribution < -0.4 is 4.72 Å². The second-order valence-electron chi connectivity index (χ2n) is 6.88. The number of sulfonamides is 1. The molecule has 3 aromatic rings. The van der Waals surface area contributed by atoms with E-state index >= 15 is 0 Å². The highest BCUT2D eigenvalue weighted by Gasteiger charge is 2.19. The summed E-state index contributed by atoms with van der Waals surface area (Å²) in [5.74, 6) is -0.489. The number of hydrogen-bond acceptors (Lipinski definition) is 5. The number of carbonyl (C=O) groups excluding carboxylic acids is 2. The number of anilines is 1. The molecule has 3 aromatic carbocycles. The molecule has 0 atom stereocenters. The summed E-state index contributed by atoms with van der Waals surface area (Å²) in [7, 11) is -3.93. The van der Waals surface area contributed by atoms with Crippen molar-refractivity contribution >= 4 is 38.0 Å². The van der Waals surface area contributed by atoms with E-state index in [-0.39, 0.29) is 28.6 Å². The van der Waals surface area contributed by atoms with Gasteiger partial charge in [-0.1, -0.05) is 36.4 Å². The molecule has 0 aliphatic heterocycles. The zero-order chi connectivity index (χ0) is 21.3. The van der Waals surface area contributed by atoms with Crippen molar-refractivity contribution in [3.05, 3.63) is 90.0 Å². The fourth-order valence-electron chi connectivity index (χ4n) is 3.36. The maximum Gasteiger partial charge on any atom is 0.262 e. The molecule has 0 amide bonds. The molecule has 6 nitrogen and oxygen atoms in total. The van der Waals surface area contributed by atoms with Crippen LogP contribution in [0.15, 0.2) is 89.4 Å². The van der Waals surface area contributed by atoms with Gasteiger partial charge >= 0.3 is 0 Å². The summed E-state index contributed by atoms with van der Waals surface area (Å²) >= 11 is 0. The van der Waals surface area contributed by atoms with Crippen molar-refractivity contribution in [3.63, 3.8) is 0 Å². The number of nitrogens with one attached hydrogen (secondary N) is 1. The van der Waals surface area contributed by atoms with Crippen LogP contribution in [0.5, 0.6) is 5.75 Å². The zero-order valence-electron chi connectivity index (χ0n) is 15.7. The summed E-state index contributed by atoms with van der Waals surface area (Å²) < 4.78 is 28.6. The Labute approximate surface area is 173 Å². The lowest BCUT2D eigenvalue weighted by Crippen LogP contribution is -2.14. The molecule has 0 spiro atoms. The average Bonchev–Trinajstić information content (AvgIpc) is 2.71. The van der Waals surface area contributed by atoms with Crippen molar-refractivity contribution in [1.82, 2.24) is 0 Å². The minimum atomic E-state index is -3.93. The Balaban J connectivity index is 1.64. The van der Waals surface area contributed by atoms with Crippen LogP contribution in [0, 0.1) is 0 Å². The highest BCUT2D eigenvalue weighted by molar-refractivity contribution is 7.93. The summed E-state index contributed by atoms with van der Waals surface area (Å²) in [5, 5.41) is 10.9. The molecular weight excluding hydrogens is 402 g/mol. The van der Waals surface area contributed by atoms with Gasteiger partial charge in [-0.25, -0.2) is 8.42 Å². The van der Waals surface area contributed by atoms with Gasteiger partial charge in [0.1, 0.15) is 5.75 Å². The van der Waals surface area contributed by atoms with E-state index in [9.17, 15) is 23.1 Å². The molecule has 4 rings (SSSR count). The second kappa shape index (κ2) is 7.61. The average molecular weight is 419 g/mol. The van der Waals surface area contributed by atoms with E-state index in [0.717, 1.165) is 0 Å². The summed E-state index contributed by atoms with van der Waals surface area (Å²) in [6, 6.07) is 16.1. The molecule has 1 aliphatic carbocycles. The summed E-state index contributed by atoms with van der Waals surface area (Å²) in [4.78, 5) is 23.5. The lowest BCUT2D eigenvalue weighted by Gasteiger charge is -2.13. The number of rotatable bonds is 5. The third kappa shape index (κ3) is 3.88. The topological polar surface area (TPSA) is 101 Å². The fourth-order valence-corrected chi connectivity index (χ4v) is 4.62. The third-order valence-electron chi connectivity index (χ3n) is 4.76. The first-order chi connectivity index (χ1) is 14.3. The molecule has 150 valence electrons. The van der Waals surface area contributed by atoms with E-state index in [1.54, 1.807) is 48.5 Å². The van der Waals surface area contributed by atoms with Gasteiger partial charge in [0, 0.05) is 28.5 Å². The van der Waals surface area contributed by atoms with Gasteiger partial charge in [-0.3, -0.25) is 14.3 Å². The smallest absolute Gasteiger partial charge is 0.262 e. The third-order valence-corrected chi connectivity index (χ3v) is 6.20. The molecule has 1 aliphatic rings. The normalized spacial score (nSPS) is 14.1. The van der Waals surface area contributed by atoms with Crippen LogP contribution in [0.2, 0.25) is 0 Å². The predicted octanol–water partition coefficient (Wildman–Crippen LogP) is 3.52. The number of ketones is 2. The SMILES string of the molecule is O=C1C=CC(=O)C(Cc2cccc(NS(=O)(=O)c3ccc(O)c4ccccc34)c2)=C1. The van der Waals surface area contributed by atoms with Crippen LogP contribution in [-0.4, -0.2) is 25.1 Å². The number of phenolic OH excluding ortho intramolecular Hbond substituents is 1. The van der Waals surface area contributed by atoms with Crippen LogP contribution in [0.3, 0.4) is 0 Å². The Hall–Kier alpha value is -3.71. The largest absolute Gasteiger partial charge is 0.507 e. The van der Waals surface area contributed by atoms with E-state index in [1.165, 1.54) is 30.4 Å². The fraction of sp³-hybridized carbons (Fsp3) is 0.0435. The molecule has 0 unspecified atom stereocenters. The first-order valence-corrected chi connectivity index (χ1v) is 10.6. The Bertz CT molecular complexity index is 1350. The minimum Gasteiger partial charge on any atom is -0.507 e. The lowest BCUT2D eigenvalue weighted by molar-refractivity contribution is -0.114. The van der Waals surface area contributed by atoms with Crippen molar-refractivity contribution in [3.8, 4) is 5.75 Å². The van der Waals surface area contributed by atoms with Crippen LogP contribution in [0.1, 0.15) is 5.56 Å². The molecule has 0 bridgehead atoms. The lowest BCUT2D eigenvalue weighted by atomic mass is 9.96. The molecule has 0 heterocycles. The monoisotopic (exact) mass is 419 g/mol. The summed E-state index contributed by atoms with van der Waals surface area (Å²) in [5.41, 5.74) is 1.37. The first-order valence-electron chi connectivity index (χ1n) is 9.13. The highest BCUT2D eigenvalue weighted by Crippen LogP contribution is 2.31. The van der Waals surface area contributed by atoms with Crippen LogP contribution in [0.4, 0.5) is 5.69 Å². The molecule has 7 heteroatoms. The van der Waals surface area contributed by atoms with Crippen molar-refractivity contribution < 1.29 is 23.1 Å². The van der Waals surface area contributed by atoms with Gasteiger partial charge in [0.2, 0.25) is 0 Å².